The van der Waals surface area contributed by atoms with Crippen molar-refractivity contribution in [1.82, 2.24) is 15.5 Å². The van der Waals surface area contributed by atoms with Crippen molar-refractivity contribution in [2.45, 2.75) is 64.5 Å². The van der Waals surface area contributed by atoms with Gasteiger partial charge in [0.1, 0.15) is 11.6 Å². The van der Waals surface area contributed by atoms with Crippen LogP contribution in [0.2, 0.25) is 0 Å². The van der Waals surface area contributed by atoms with Crippen LogP contribution in [-0.4, -0.2) is 72.0 Å². The van der Waals surface area contributed by atoms with E-state index in [0.717, 1.165) is 22.3 Å². The molecule has 1 unspecified atom stereocenters. The number of alkyl carbamates (subject to hydrolysis) is 1. The first-order chi connectivity index (χ1) is 22.4. The fourth-order valence-electron chi connectivity index (χ4n) is 5.82. The van der Waals surface area contributed by atoms with Gasteiger partial charge in [0.25, 0.3) is 5.91 Å². The van der Waals surface area contributed by atoms with Gasteiger partial charge in [-0.2, -0.15) is 0 Å². The van der Waals surface area contributed by atoms with E-state index in [-0.39, 0.29) is 30.8 Å². The molecule has 1 aliphatic rings. The number of nitrogens with zero attached hydrogens (tertiary/aromatic N) is 1. The molecule has 0 radical (unpaired) electrons. The third-order valence-electron chi connectivity index (χ3n) is 8.23. The molecular formula is C37H45N3O7. The van der Waals surface area contributed by atoms with E-state index in [1.54, 1.807) is 52.0 Å². The number of piperidine rings is 1. The van der Waals surface area contributed by atoms with Crippen LogP contribution in [0.25, 0.3) is 11.1 Å². The molecule has 3 amide bonds. The highest BCUT2D eigenvalue weighted by Gasteiger charge is 2.30. The lowest BCUT2D eigenvalue weighted by molar-refractivity contribution is -0.145. The Morgan fingerprint density at radius 3 is 2.09 bits per heavy atom. The van der Waals surface area contributed by atoms with Crippen LogP contribution < -0.4 is 10.6 Å². The molecule has 1 aliphatic heterocycles. The molecule has 4 rings (SSSR count). The summed E-state index contributed by atoms with van der Waals surface area (Å²) >= 11 is 0. The van der Waals surface area contributed by atoms with Crippen LogP contribution in [0.4, 0.5) is 9.59 Å². The van der Waals surface area contributed by atoms with E-state index >= 15 is 0 Å². The Morgan fingerprint density at radius 2 is 1.51 bits per heavy atom. The molecule has 0 aromatic heterocycles. The third-order valence-corrected chi connectivity index (χ3v) is 8.23. The molecule has 0 saturated carbocycles. The molecule has 3 aromatic rings. The van der Waals surface area contributed by atoms with Crippen molar-refractivity contribution in [1.29, 1.82) is 0 Å². The molecular weight excluding hydrogens is 598 g/mol. The number of ether oxygens (including phenoxy) is 2. The zero-order valence-electron chi connectivity index (χ0n) is 27.5. The number of amides is 3. The summed E-state index contributed by atoms with van der Waals surface area (Å²) in [7, 11) is 0. The fraction of sp³-hybridized carbons (Fsp3) is 0.405. The highest BCUT2D eigenvalue weighted by Crippen LogP contribution is 2.34. The van der Waals surface area contributed by atoms with Gasteiger partial charge in [0.2, 0.25) is 0 Å². The smallest absolute Gasteiger partial charge is 0.408 e. The van der Waals surface area contributed by atoms with Gasteiger partial charge in [-0.3, -0.25) is 4.79 Å². The van der Waals surface area contributed by atoms with Crippen LogP contribution in [0.15, 0.2) is 78.9 Å². The SMILES string of the molecule is CCOC(=O)C(Cc1ccc(C(=O)NC[C@@H](c2ccc(-c3ccccc3)cc2)C2CCN(C(=O)O)CC2)cc1)NC(=O)OC(C)(C)C. The number of rotatable bonds is 11. The van der Waals surface area contributed by atoms with Gasteiger partial charge in [0.05, 0.1) is 6.61 Å². The number of likely N-dealkylation sites (tertiary alicyclic amines) is 1. The standard InChI is InChI=1S/C37H45N3O7/c1-5-46-34(42)32(39-35(43)47-37(2,3)4)23-25-11-13-30(14-12-25)33(41)38-24-31(29-19-21-40(22-20-29)36(44)45)28-17-15-27(16-18-28)26-9-7-6-8-10-26/h6-18,29,31-32H,5,19-24H2,1-4H3,(H,38,41)(H,39,43)(H,44,45)/t31-,32?/m0/s1. The van der Waals surface area contributed by atoms with Gasteiger partial charge in [-0.1, -0.05) is 66.7 Å². The maximum Gasteiger partial charge on any atom is 0.408 e. The fourth-order valence-corrected chi connectivity index (χ4v) is 5.82. The number of hydrogen-bond acceptors (Lipinski definition) is 6. The minimum Gasteiger partial charge on any atom is -0.465 e. The Hall–Kier alpha value is -4.86. The van der Waals surface area contributed by atoms with E-state index in [9.17, 15) is 24.3 Å². The van der Waals surface area contributed by atoms with Gasteiger partial charge in [-0.15, -0.1) is 0 Å². The Kier molecular flexibility index (Phi) is 12.0. The van der Waals surface area contributed by atoms with Crippen molar-refractivity contribution in [2.75, 3.05) is 26.2 Å². The molecule has 1 fully saturated rings. The molecule has 1 heterocycles. The number of benzene rings is 3. The van der Waals surface area contributed by atoms with Crippen LogP contribution in [0.5, 0.6) is 0 Å². The normalized spacial score (nSPS) is 14.9. The second kappa shape index (κ2) is 16.1. The average molecular weight is 644 g/mol. The van der Waals surface area contributed by atoms with Gasteiger partial charge < -0.3 is 30.1 Å². The van der Waals surface area contributed by atoms with Gasteiger partial charge in [-0.25, -0.2) is 14.4 Å². The van der Waals surface area contributed by atoms with E-state index in [4.69, 9.17) is 9.47 Å². The highest BCUT2D eigenvalue weighted by molar-refractivity contribution is 5.94. The largest absolute Gasteiger partial charge is 0.465 e. The van der Waals surface area contributed by atoms with Crippen LogP contribution in [0.1, 0.15) is 67.9 Å². The lowest BCUT2D eigenvalue weighted by atomic mass is 9.79. The van der Waals surface area contributed by atoms with Crippen molar-refractivity contribution in [3.05, 3.63) is 95.6 Å². The molecule has 250 valence electrons. The number of carbonyl (C=O) groups excluding carboxylic acids is 3. The topological polar surface area (TPSA) is 134 Å². The van der Waals surface area contributed by atoms with E-state index in [0.29, 0.717) is 38.0 Å². The van der Waals surface area contributed by atoms with Gasteiger partial charge in [-0.05, 0) is 80.8 Å². The summed E-state index contributed by atoms with van der Waals surface area (Å²) in [5.74, 6) is -0.604. The van der Waals surface area contributed by atoms with Crippen molar-refractivity contribution < 1.29 is 33.8 Å². The Labute approximate surface area is 276 Å². The first-order valence-electron chi connectivity index (χ1n) is 16.1. The maximum atomic E-state index is 13.3. The minimum absolute atomic E-state index is 0.00302. The Balaban J connectivity index is 1.44. The van der Waals surface area contributed by atoms with E-state index in [2.05, 4.69) is 47.0 Å². The number of carboxylic acid groups (broad SMARTS) is 1. The van der Waals surface area contributed by atoms with Crippen LogP contribution >= 0.6 is 0 Å². The quantitative estimate of drug-likeness (QED) is 0.210. The highest BCUT2D eigenvalue weighted by atomic mass is 16.6. The summed E-state index contributed by atoms with van der Waals surface area (Å²) in [5, 5.41) is 15.1. The lowest BCUT2D eigenvalue weighted by Gasteiger charge is -2.35. The average Bonchev–Trinajstić information content (AvgIpc) is 3.05. The predicted octanol–water partition coefficient (Wildman–Crippen LogP) is 6.26. The molecule has 0 spiro atoms. The van der Waals surface area contributed by atoms with Crippen molar-refractivity contribution in [3.63, 3.8) is 0 Å². The molecule has 0 aliphatic carbocycles. The van der Waals surface area contributed by atoms with E-state index < -0.39 is 29.8 Å². The zero-order valence-corrected chi connectivity index (χ0v) is 27.5. The second-order valence-corrected chi connectivity index (χ2v) is 12.8. The summed E-state index contributed by atoms with van der Waals surface area (Å²) in [6.45, 7) is 8.39. The molecule has 1 saturated heterocycles. The van der Waals surface area contributed by atoms with Crippen LogP contribution in [0, 0.1) is 5.92 Å². The summed E-state index contributed by atoms with van der Waals surface area (Å²) in [5.41, 5.74) is 3.79. The van der Waals surface area contributed by atoms with Crippen molar-refractivity contribution in [3.8, 4) is 11.1 Å². The monoisotopic (exact) mass is 643 g/mol. The van der Waals surface area contributed by atoms with Gasteiger partial charge in [0.15, 0.2) is 0 Å². The Bertz CT molecular complexity index is 1490. The van der Waals surface area contributed by atoms with Gasteiger partial charge in [0, 0.05) is 37.5 Å². The summed E-state index contributed by atoms with van der Waals surface area (Å²) in [6, 6.07) is 24.4. The van der Waals surface area contributed by atoms with Crippen molar-refractivity contribution in [2.24, 2.45) is 5.92 Å². The molecule has 0 bridgehead atoms. The molecule has 3 N–H and O–H groups in total. The first-order valence-corrected chi connectivity index (χ1v) is 16.1. The molecule has 47 heavy (non-hydrogen) atoms. The summed E-state index contributed by atoms with van der Waals surface area (Å²) in [6.07, 6.45) is -0.0413. The Morgan fingerprint density at radius 1 is 0.894 bits per heavy atom. The number of nitrogens with one attached hydrogen (secondary N) is 2. The molecule has 3 aromatic carbocycles. The lowest BCUT2D eigenvalue weighted by Crippen LogP contribution is -2.45. The third kappa shape index (κ3) is 10.3. The second-order valence-electron chi connectivity index (χ2n) is 12.8. The molecule has 10 heteroatoms. The van der Waals surface area contributed by atoms with Crippen LogP contribution in [0.3, 0.4) is 0 Å². The summed E-state index contributed by atoms with van der Waals surface area (Å²) < 4.78 is 10.5. The summed E-state index contributed by atoms with van der Waals surface area (Å²) in [4.78, 5) is 51.2. The van der Waals surface area contributed by atoms with E-state index in [1.807, 2.05) is 18.2 Å². The number of esters is 1. The molecule has 2 atom stereocenters. The van der Waals surface area contributed by atoms with Crippen LogP contribution in [-0.2, 0) is 20.7 Å². The van der Waals surface area contributed by atoms with Crippen molar-refractivity contribution >= 4 is 24.1 Å². The first kappa shape index (κ1) is 35.0. The number of hydrogen-bond donors (Lipinski definition) is 3. The molecule has 10 nitrogen and oxygen atoms in total. The zero-order chi connectivity index (χ0) is 34.0. The maximum absolute atomic E-state index is 13.3. The van der Waals surface area contributed by atoms with E-state index in [1.165, 1.54) is 4.90 Å². The minimum atomic E-state index is -0.953. The van der Waals surface area contributed by atoms with Gasteiger partial charge >= 0.3 is 18.2 Å². The number of carbonyl (C=O) groups is 4. The predicted molar refractivity (Wildman–Crippen MR) is 179 cm³/mol.